The molecule has 0 aliphatic carbocycles. The minimum absolute atomic E-state index is 0.0618. The van der Waals surface area contributed by atoms with Crippen molar-refractivity contribution in [3.63, 3.8) is 0 Å². The molecule has 0 amide bonds. The van der Waals surface area contributed by atoms with Crippen LogP contribution in [0.15, 0.2) is 36.7 Å². The van der Waals surface area contributed by atoms with Crippen LogP contribution in [0, 0.1) is 6.92 Å². The monoisotopic (exact) mass is 219 g/mol. The molecule has 0 saturated heterocycles. The van der Waals surface area contributed by atoms with Crippen LogP contribution in [-0.2, 0) is 0 Å². The van der Waals surface area contributed by atoms with Gasteiger partial charge in [-0.1, -0.05) is 0 Å². The Morgan fingerprint density at radius 1 is 1.27 bits per heavy atom. The van der Waals surface area contributed by atoms with Gasteiger partial charge in [0.15, 0.2) is 0 Å². The average molecular weight is 219 g/mol. The minimum atomic E-state index is 0.0618. The highest BCUT2D eigenvalue weighted by Crippen LogP contribution is 2.27. The molecular formula is C11H13N3S. The first kappa shape index (κ1) is 10.3. The van der Waals surface area contributed by atoms with Crippen LogP contribution in [0.4, 0.5) is 0 Å². The Hall–Kier alpha value is -1.23. The molecule has 1 unspecified atom stereocenters. The summed E-state index contributed by atoms with van der Waals surface area (Å²) in [7, 11) is 0. The molecule has 15 heavy (non-hydrogen) atoms. The lowest BCUT2D eigenvalue weighted by Gasteiger charge is -2.13. The highest BCUT2D eigenvalue weighted by molar-refractivity contribution is 7.12. The summed E-state index contributed by atoms with van der Waals surface area (Å²) in [4.78, 5) is 6.51. The molecule has 1 atom stereocenters. The van der Waals surface area contributed by atoms with Crippen molar-refractivity contribution in [3.8, 4) is 0 Å². The zero-order valence-corrected chi connectivity index (χ0v) is 9.29. The van der Waals surface area contributed by atoms with Crippen molar-refractivity contribution >= 4 is 11.3 Å². The lowest BCUT2D eigenvalue weighted by Crippen LogP contribution is -2.28. The van der Waals surface area contributed by atoms with Gasteiger partial charge in [-0.05, 0) is 36.8 Å². The summed E-state index contributed by atoms with van der Waals surface area (Å²) in [6, 6.07) is 8.21. The molecule has 2 aromatic heterocycles. The maximum Gasteiger partial charge on any atom is 0.0803 e. The maximum atomic E-state index is 5.58. The van der Waals surface area contributed by atoms with Crippen molar-refractivity contribution in [2.24, 2.45) is 5.84 Å². The normalized spacial score (nSPS) is 12.7. The zero-order chi connectivity index (χ0) is 10.7. The first-order chi connectivity index (χ1) is 7.31. The topological polar surface area (TPSA) is 50.9 Å². The van der Waals surface area contributed by atoms with Gasteiger partial charge in [0.2, 0.25) is 0 Å². The Kier molecular flexibility index (Phi) is 3.11. The first-order valence-corrected chi connectivity index (χ1v) is 5.55. The van der Waals surface area contributed by atoms with Crippen LogP contribution in [-0.4, -0.2) is 4.98 Å². The van der Waals surface area contributed by atoms with Gasteiger partial charge < -0.3 is 0 Å². The van der Waals surface area contributed by atoms with Gasteiger partial charge >= 0.3 is 0 Å². The highest BCUT2D eigenvalue weighted by atomic mass is 32.1. The Morgan fingerprint density at radius 2 is 2.00 bits per heavy atom. The summed E-state index contributed by atoms with van der Waals surface area (Å²) in [6.45, 7) is 2.09. The molecule has 0 radical (unpaired) electrons. The molecule has 0 saturated carbocycles. The van der Waals surface area contributed by atoms with E-state index in [-0.39, 0.29) is 6.04 Å². The quantitative estimate of drug-likeness (QED) is 0.613. The third kappa shape index (κ3) is 2.23. The molecule has 3 N–H and O–H groups in total. The Bertz CT molecular complexity index is 424. The molecule has 0 spiro atoms. The molecule has 2 heterocycles. The summed E-state index contributed by atoms with van der Waals surface area (Å²) >= 11 is 1.75. The number of rotatable bonds is 3. The number of hydrazine groups is 1. The van der Waals surface area contributed by atoms with Crippen molar-refractivity contribution in [3.05, 3.63) is 52.0 Å². The van der Waals surface area contributed by atoms with Crippen molar-refractivity contribution in [2.75, 3.05) is 0 Å². The van der Waals surface area contributed by atoms with Crippen LogP contribution in [0.5, 0.6) is 0 Å². The van der Waals surface area contributed by atoms with Crippen molar-refractivity contribution in [1.29, 1.82) is 0 Å². The maximum absolute atomic E-state index is 5.58. The summed E-state index contributed by atoms with van der Waals surface area (Å²) in [5, 5.41) is 0. The number of nitrogens with two attached hydrogens (primary N) is 1. The van der Waals surface area contributed by atoms with Crippen molar-refractivity contribution < 1.29 is 0 Å². The van der Waals surface area contributed by atoms with E-state index in [4.69, 9.17) is 5.84 Å². The summed E-state index contributed by atoms with van der Waals surface area (Å²) in [5.74, 6) is 5.58. The van der Waals surface area contributed by atoms with E-state index >= 15 is 0 Å². The molecule has 2 aromatic rings. The van der Waals surface area contributed by atoms with Crippen molar-refractivity contribution in [1.82, 2.24) is 10.4 Å². The largest absolute Gasteiger partial charge is 0.271 e. The third-order valence-corrected chi connectivity index (χ3v) is 3.32. The van der Waals surface area contributed by atoms with Gasteiger partial charge in [0.05, 0.1) is 6.04 Å². The van der Waals surface area contributed by atoms with Gasteiger partial charge in [0.1, 0.15) is 0 Å². The van der Waals surface area contributed by atoms with Crippen LogP contribution in [0.2, 0.25) is 0 Å². The molecule has 3 nitrogen and oxygen atoms in total. The van der Waals surface area contributed by atoms with E-state index in [1.54, 1.807) is 23.7 Å². The van der Waals surface area contributed by atoms with Crippen molar-refractivity contribution in [2.45, 2.75) is 13.0 Å². The molecule has 0 fully saturated rings. The number of pyridine rings is 1. The van der Waals surface area contributed by atoms with Crippen LogP contribution < -0.4 is 11.3 Å². The zero-order valence-electron chi connectivity index (χ0n) is 8.47. The third-order valence-electron chi connectivity index (χ3n) is 2.25. The molecule has 78 valence electrons. The van der Waals surface area contributed by atoms with Gasteiger partial charge in [0.25, 0.3) is 0 Å². The molecular weight excluding hydrogens is 206 g/mol. The van der Waals surface area contributed by atoms with Crippen LogP contribution in [0.25, 0.3) is 0 Å². The fourth-order valence-corrected chi connectivity index (χ4v) is 2.47. The summed E-state index contributed by atoms with van der Waals surface area (Å²) < 4.78 is 0. The molecule has 4 heteroatoms. The molecule has 0 aromatic carbocycles. The van der Waals surface area contributed by atoms with Crippen LogP contribution >= 0.6 is 11.3 Å². The number of nitrogens with one attached hydrogen (secondary N) is 1. The van der Waals surface area contributed by atoms with Gasteiger partial charge in [-0.15, -0.1) is 11.3 Å². The second-order valence-corrected chi connectivity index (χ2v) is 4.65. The highest BCUT2D eigenvalue weighted by Gasteiger charge is 2.13. The fraction of sp³-hybridized carbons (Fsp3) is 0.182. The second kappa shape index (κ2) is 4.53. The van der Waals surface area contributed by atoms with Gasteiger partial charge in [-0.2, -0.15) is 0 Å². The second-order valence-electron chi connectivity index (χ2n) is 3.33. The fourth-order valence-electron chi connectivity index (χ4n) is 1.51. The van der Waals surface area contributed by atoms with Crippen LogP contribution in [0.3, 0.4) is 0 Å². The molecule has 0 aliphatic heterocycles. The van der Waals surface area contributed by atoms with E-state index in [2.05, 4.69) is 29.5 Å². The van der Waals surface area contributed by atoms with Gasteiger partial charge in [-0.25, -0.2) is 5.43 Å². The van der Waals surface area contributed by atoms with E-state index in [0.717, 1.165) is 5.56 Å². The summed E-state index contributed by atoms with van der Waals surface area (Å²) in [6.07, 6.45) is 3.56. The van der Waals surface area contributed by atoms with E-state index in [1.165, 1.54) is 9.75 Å². The van der Waals surface area contributed by atoms with Crippen LogP contribution in [0.1, 0.15) is 21.4 Å². The summed E-state index contributed by atoms with van der Waals surface area (Å²) in [5.41, 5.74) is 3.96. The number of aromatic nitrogens is 1. The lowest BCUT2D eigenvalue weighted by molar-refractivity contribution is 0.646. The molecule has 0 bridgehead atoms. The van der Waals surface area contributed by atoms with E-state index < -0.39 is 0 Å². The Morgan fingerprint density at radius 3 is 2.53 bits per heavy atom. The SMILES string of the molecule is Cc1ccc(C(NN)c2ccncc2)s1. The number of hydrogen-bond acceptors (Lipinski definition) is 4. The predicted molar refractivity (Wildman–Crippen MR) is 62.5 cm³/mol. The van der Waals surface area contributed by atoms with E-state index in [0.29, 0.717) is 0 Å². The Balaban J connectivity index is 2.33. The van der Waals surface area contributed by atoms with E-state index in [9.17, 15) is 0 Å². The average Bonchev–Trinajstić information content (AvgIpc) is 2.68. The predicted octanol–water partition coefficient (Wildman–Crippen LogP) is 2.00. The number of nitrogens with zero attached hydrogens (tertiary/aromatic N) is 1. The smallest absolute Gasteiger partial charge is 0.0803 e. The first-order valence-electron chi connectivity index (χ1n) is 4.73. The number of thiophene rings is 1. The lowest BCUT2D eigenvalue weighted by atomic mass is 10.1. The van der Waals surface area contributed by atoms with E-state index in [1.807, 2.05) is 12.1 Å². The number of hydrogen-bond donors (Lipinski definition) is 2. The van der Waals surface area contributed by atoms with Gasteiger partial charge in [-0.3, -0.25) is 10.8 Å². The van der Waals surface area contributed by atoms with Gasteiger partial charge in [0, 0.05) is 22.1 Å². The Labute approximate surface area is 92.9 Å². The number of aryl methyl sites for hydroxylation is 1. The minimum Gasteiger partial charge on any atom is -0.271 e. The standard InChI is InChI=1S/C11H13N3S/c1-8-2-3-10(15-8)11(14-12)9-4-6-13-7-5-9/h2-7,11,14H,12H2,1H3. The molecule has 0 aliphatic rings. The molecule has 2 rings (SSSR count).